The lowest BCUT2D eigenvalue weighted by atomic mass is 9.97. The van der Waals surface area contributed by atoms with Crippen LogP contribution in [-0.4, -0.2) is 61.7 Å². The van der Waals surface area contributed by atoms with Crippen LogP contribution in [0.4, 0.5) is 0 Å². The largest absolute Gasteiger partial charge is 0.395 e. The molecule has 12 heteroatoms. The number of halogens is 2. The summed E-state index contributed by atoms with van der Waals surface area (Å²) in [6, 6.07) is 1.08. The van der Waals surface area contributed by atoms with Gasteiger partial charge in [-0.3, -0.25) is 4.98 Å². The maximum absolute atomic E-state index is 11.0. The van der Waals surface area contributed by atoms with Crippen LogP contribution in [0.1, 0.15) is 30.5 Å². The lowest BCUT2D eigenvalue weighted by Gasteiger charge is -2.42. The molecule has 5 atom stereocenters. The van der Waals surface area contributed by atoms with Gasteiger partial charge in [0.2, 0.25) is 0 Å². The zero-order valence-electron chi connectivity index (χ0n) is 16.8. The molecule has 0 bridgehead atoms. The zero-order chi connectivity index (χ0) is 22.7. The summed E-state index contributed by atoms with van der Waals surface area (Å²) in [5.74, 6) is 0.164. The molecule has 5 unspecified atom stereocenters. The Morgan fingerprint density at radius 1 is 1.45 bits per heavy atom. The smallest absolute Gasteiger partial charge is 0.142 e. The molecule has 0 aliphatic carbocycles. The number of hydrogen-bond acceptors (Lipinski definition) is 10. The van der Waals surface area contributed by atoms with Crippen molar-refractivity contribution in [3.05, 3.63) is 44.2 Å². The zero-order valence-corrected chi connectivity index (χ0v) is 20.7. The van der Waals surface area contributed by atoms with E-state index in [1.807, 2.05) is 19.9 Å². The van der Waals surface area contributed by atoms with E-state index in [9.17, 15) is 15.3 Å². The molecule has 6 N–H and O–H groups in total. The van der Waals surface area contributed by atoms with Crippen LogP contribution in [0.3, 0.4) is 0 Å². The molecule has 8 nitrogen and oxygen atoms in total. The maximum atomic E-state index is 11.0. The van der Waals surface area contributed by atoms with Crippen molar-refractivity contribution in [3.63, 3.8) is 0 Å². The first kappa shape index (κ1) is 24.7. The molecular weight excluding hydrogens is 528 g/mol. The number of nitrogens with zero attached hydrogens (tertiary/aromatic N) is 2. The Morgan fingerprint density at radius 3 is 2.81 bits per heavy atom. The van der Waals surface area contributed by atoms with Gasteiger partial charge in [0.05, 0.1) is 24.0 Å². The van der Waals surface area contributed by atoms with Crippen molar-refractivity contribution in [2.45, 2.75) is 54.5 Å². The average Bonchev–Trinajstić information content (AvgIpc) is 3.16. The molecule has 1 aliphatic rings. The molecule has 0 amide bonds. The number of thiazole rings is 1. The minimum absolute atomic E-state index is 0.164. The van der Waals surface area contributed by atoms with E-state index in [0.29, 0.717) is 15.9 Å². The van der Waals surface area contributed by atoms with Gasteiger partial charge in [-0.25, -0.2) is 4.98 Å². The second kappa shape index (κ2) is 10.8. The summed E-state index contributed by atoms with van der Waals surface area (Å²) in [5, 5.41) is 36.8. The Balaban J connectivity index is 1.82. The van der Waals surface area contributed by atoms with Gasteiger partial charge < -0.3 is 31.1 Å². The topological polar surface area (TPSA) is 134 Å². The summed E-state index contributed by atoms with van der Waals surface area (Å²) in [6.45, 7) is 3.65. The van der Waals surface area contributed by atoms with E-state index in [-0.39, 0.29) is 5.92 Å². The molecule has 0 radical (unpaired) electrons. The maximum Gasteiger partial charge on any atom is 0.142 e. The van der Waals surface area contributed by atoms with Crippen LogP contribution in [0.15, 0.2) is 33.2 Å². The Bertz CT molecular complexity index is 932. The lowest BCUT2D eigenvalue weighted by molar-refractivity contribution is -0.164. The van der Waals surface area contributed by atoms with E-state index < -0.39 is 36.4 Å². The van der Waals surface area contributed by atoms with Crippen molar-refractivity contribution >= 4 is 56.3 Å². The fourth-order valence-electron chi connectivity index (χ4n) is 3.10. The molecule has 170 valence electrons. The number of aliphatic hydroxyl groups is 3. The average molecular weight is 552 g/mol. The number of ether oxygens (including phenoxy) is 1. The van der Waals surface area contributed by atoms with E-state index in [1.54, 1.807) is 11.6 Å². The number of nitrogens with two attached hydrogens (primary N) is 1. The summed E-state index contributed by atoms with van der Waals surface area (Å²) in [4.78, 5) is 9.41. The second-order valence-corrected chi connectivity index (χ2v) is 10.6. The van der Waals surface area contributed by atoms with Crippen molar-refractivity contribution in [2.24, 2.45) is 5.73 Å². The van der Waals surface area contributed by atoms with E-state index in [2.05, 4.69) is 31.2 Å². The molecule has 0 spiro atoms. The summed E-state index contributed by atoms with van der Waals surface area (Å²) in [7, 11) is 0. The van der Waals surface area contributed by atoms with Crippen LogP contribution in [0, 0.1) is 0 Å². The third-order valence-electron chi connectivity index (χ3n) is 4.68. The van der Waals surface area contributed by atoms with Gasteiger partial charge in [0.15, 0.2) is 0 Å². The number of thioether (sulfide) groups is 1. The van der Waals surface area contributed by atoms with Gasteiger partial charge >= 0.3 is 0 Å². The van der Waals surface area contributed by atoms with E-state index >= 15 is 0 Å². The molecule has 31 heavy (non-hydrogen) atoms. The van der Waals surface area contributed by atoms with Crippen molar-refractivity contribution < 1.29 is 20.1 Å². The first-order chi connectivity index (χ1) is 14.7. The van der Waals surface area contributed by atoms with Crippen molar-refractivity contribution in [1.29, 1.82) is 0 Å². The summed E-state index contributed by atoms with van der Waals surface area (Å²) >= 11 is 11.8. The quantitative estimate of drug-likeness (QED) is 0.352. The van der Waals surface area contributed by atoms with Gasteiger partial charge in [-0.1, -0.05) is 37.2 Å². The van der Waals surface area contributed by atoms with Crippen molar-refractivity contribution in [3.8, 4) is 0 Å². The Morgan fingerprint density at radius 2 is 2.19 bits per heavy atom. The van der Waals surface area contributed by atoms with E-state index in [1.165, 1.54) is 29.3 Å². The van der Waals surface area contributed by atoms with Crippen LogP contribution in [0.25, 0.3) is 5.70 Å². The minimum atomic E-state index is -1.16. The monoisotopic (exact) mass is 550 g/mol. The molecule has 1 aliphatic heterocycles. The van der Waals surface area contributed by atoms with Gasteiger partial charge in [-0.2, -0.15) is 0 Å². The van der Waals surface area contributed by atoms with E-state index in [0.717, 1.165) is 15.1 Å². The minimum Gasteiger partial charge on any atom is -0.395 e. The molecule has 0 saturated carbocycles. The Hall–Kier alpha value is -0.920. The predicted molar refractivity (Wildman–Crippen MR) is 126 cm³/mol. The summed E-state index contributed by atoms with van der Waals surface area (Å²) in [5.41, 5.74) is 6.46. The third kappa shape index (κ3) is 5.91. The fraction of sp³-hybridized carbons (Fsp3) is 0.474. The molecule has 2 aromatic rings. The highest BCUT2D eigenvalue weighted by Crippen LogP contribution is 2.37. The van der Waals surface area contributed by atoms with Crippen molar-refractivity contribution in [1.82, 2.24) is 15.3 Å². The normalized spacial score (nSPS) is 27.0. The standard InChI is InChI=1S/C19H24BrClN4O4S2/c1-8(2)14-12(3-9(20)4-23-14)31-19-17(28)15(16(27)11(6-26)29-19)24-5-10(22)18-25-13(21)7-30-18/h3-5,7-8,11,15-17,19,24,26-28H,6,22H2,1-2H3/b10-5-. The number of aliphatic hydroxyl groups excluding tert-OH is 3. The predicted octanol–water partition coefficient (Wildman–Crippen LogP) is 2.52. The number of hydrogen-bond donors (Lipinski definition) is 5. The third-order valence-corrected chi connectivity index (χ3v) is 7.53. The molecule has 1 saturated heterocycles. The summed E-state index contributed by atoms with van der Waals surface area (Å²) in [6.07, 6.45) is 0.0378. The molecule has 1 fully saturated rings. The number of nitrogens with one attached hydrogen (secondary N) is 1. The van der Waals surface area contributed by atoms with Crippen molar-refractivity contribution in [2.75, 3.05) is 6.61 Å². The van der Waals surface area contributed by atoms with Gasteiger partial charge in [0, 0.05) is 27.1 Å². The number of rotatable bonds is 7. The van der Waals surface area contributed by atoms with Gasteiger partial charge in [0.1, 0.15) is 33.9 Å². The molecule has 2 aromatic heterocycles. The van der Waals surface area contributed by atoms with E-state index in [4.69, 9.17) is 22.1 Å². The van der Waals surface area contributed by atoms with Gasteiger partial charge in [-0.15, -0.1) is 11.3 Å². The fourth-order valence-corrected chi connectivity index (χ4v) is 5.82. The summed E-state index contributed by atoms with van der Waals surface area (Å²) < 4.78 is 6.62. The molecular formula is C19H24BrClN4O4S2. The molecule has 0 aromatic carbocycles. The first-order valence-corrected chi connectivity index (χ1v) is 12.4. The highest BCUT2D eigenvalue weighted by atomic mass is 79.9. The Kier molecular flexibility index (Phi) is 8.61. The van der Waals surface area contributed by atoms with Gasteiger partial charge in [0.25, 0.3) is 0 Å². The first-order valence-electron chi connectivity index (χ1n) is 9.49. The number of pyridine rings is 1. The lowest BCUT2D eigenvalue weighted by Crippen LogP contribution is -2.62. The SMILES string of the molecule is CC(C)c1ncc(Br)cc1SC1OC(CO)C(O)C(N/C=C(\N)c2nc(Cl)cs2)C1O. The number of aromatic nitrogens is 2. The van der Waals surface area contributed by atoms with Crippen LogP contribution >= 0.6 is 50.6 Å². The molecule has 3 rings (SSSR count). The van der Waals surface area contributed by atoms with Crippen LogP contribution in [0.5, 0.6) is 0 Å². The van der Waals surface area contributed by atoms with Gasteiger partial charge in [-0.05, 0) is 27.9 Å². The second-order valence-electron chi connectivity index (χ2n) is 7.28. The highest BCUT2D eigenvalue weighted by molar-refractivity contribution is 9.10. The Labute approximate surface area is 202 Å². The molecule has 3 heterocycles. The van der Waals surface area contributed by atoms with Crippen LogP contribution < -0.4 is 11.1 Å². The van der Waals surface area contributed by atoms with Crippen LogP contribution in [0.2, 0.25) is 5.15 Å². The van der Waals surface area contributed by atoms with Crippen LogP contribution in [-0.2, 0) is 4.74 Å². The highest BCUT2D eigenvalue weighted by Gasteiger charge is 2.44.